The highest BCUT2D eigenvalue weighted by atomic mass is 16.5. The fourth-order valence-corrected chi connectivity index (χ4v) is 2.58. The van der Waals surface area contributed by atoms with Crippen molar-refractivity contribution in [1.29, 1.82) is 5.26 Å². The summed E-state index contributed by atoms with van der Waals surface area (Å²) < 4.78 is 12.7. The number of pyridine rings is 1. The number of fused-ring (bicyclic) bond motifs is 1. The highest BCUT2D eigenvalue weighted by Gasteiger charge is 2.13. The van der Waals surface area contributed by atoms with E-state index in [9.17, 15) is 5.26 Å². The second kappa shape index (κ2) is 6.41. The van der Waals surface area contributed by atoms with Crippen molar-refractivity contribution >= 4 is 5.65 Å². The Kier molecular flexibility index (Phi) is 4.15. The molecule has 5 heteroatoms. The van der Waals surface area contributed by atoms with Crippen LogP contribution in [0.2, 0.25) is 0 Å². The van der Waals surface area contributed by atoms with Gasteiger partial charge in [0.2, 0.25) is 0 Å². The van der Waals surface area contributed by atoms with E-state index in [-0.39, 0.29) is 0 Å². The molecule has 0 aliphatic rings. The third kappa shape index (κ3) is 2.84. The molecule has 0 radical (unpaired) electrons. The summed E-state index contributed by atoms with van der Waals surface area (Å²) in [7, 11) is 1.62. The fourth-order valence-electron chi connectivity index (χ4n) is 2.58. The molecule has 23 heavy (non-hydrogen) atoms. The topological polar surface area (TPSA) is 59.5 Å². The molecule has 3 aromatic rings. The van der Waals surface area contributed by atoms with Gasteiger partial charge in [-0.15, -0.1) is 0 Å². The van der Waals surface area contributed by atoms with Crippen LogP contribution in [0.15, 0.2) is 42.6 Å². The van der Waals surface area contributed by atoms with Gasteiger partial charge in [0.05, 0.1) is 19.4 Å². The number of hydrogen-bond donors (Lipinski definition) is 0. The zero-order valence-corrected chi connectivity index (χ0v) is 13.1. The summed E-state index contributed by atoms with van der Waals surface area (Å²) in [5.41, 5.74) is 3.11. The van der Waals surface area contributed by atoms with Gasteiger partial charge in [0.15, 0.2) is 11.5 Å². The molecule has 0 saturated carbocycles. The van der Waals surface area contributed by atoms with Crippen LogP contribution in [-0.2, 0) is 6.42 Å². The van der Waals surface area contributed by atoms with Crippen LogP contribution in [-0.4, -0.2) is 23.1 Å². The van der Waals surface area contributed by atoms with E-state index in [2.05, 4.69) is 11.1 Å². The average Bonchev–Trinajstić information content (AvgIpc) is 2.93. The third-order valence-corrected chi connectivity index (χ3v) is 3.61. The Balaban J connectivity index is 1.98. The summed E-state index contributed by atoms with van der Waals surface area (Å²) in [5.74, 6) is 1.40. The van der Waals surface area contributed by atoms with E-state index in [1.807, 2.05) is 49.5 Å². The Morgan fingerprint density at radius 1 is 1.22 bits per heavy atom. The maximum atomic E-state index is 9.44. The highest BCUT2D eigenvalue weighted by Crippen LogP contribution is 2.29. The molecule has 0 aliphatic heterocycles. The fraction of sp³-hybridized carbons (Fsp3) is 0.222. The van der Waals surface area contributed by atoms with Gasteiger partial charge in [-0.1, -0.05) is 12.1 Å². The number of aromatic nitrogens is 2. The van der Waals surface area contributed by atoms with Crippen molar-refractivity contribution in [2.45, 2.75) is 13.3 Å². The lowest BCUT2D eigenvalue weighted by molar-refractivity contribution is 0.310. The number of benzene rings is 1. The SMILES string of the molecule is CCOc1ccc(Cc2nc3ccccn3c2C#N)cc1OC. The van der Waals surface area contributed by atoms with Crippen LogP contribution in [0.4, 0.5) is 0 Å². The van der Waals surface area contributed by atoms with Gasteiger partial charge in [0.25, 0.3) is 0 Å². The first-order valence-electron chi connectivity index (χ1n) is 7.42. The van der Waals surface area contributed by atoms with Gasteiger partial charge >= 0.3 is 0 Å². The Morgan fingerprint density at radius 2 is 2.09 bits per heavy atom. The monoisotopic (exact) mass is 307 g/mol. The van der Waals surface area contributed by atoms with Crippen LogP contribution in [0.1, 0.15) is 23.9 Å². The van der Waals surface area contributed by atoms with Crippen LogP contribution < -0.4 is 9.47 Å². The van der Waals surface area contributed by atoms with Crippen molar-refractivity contribution in [2.24, 2.45) is 0 Å². The molecule has 0 aliphatic carbocycles. The number of nitriles is 1. The van der Waals surface area contributed by atoms with Crippen molar-refractivity contribution in [1.82, 2.24) is 9.38 Å². The van der Waals surface area contributed by atoms with Crippen LogP contribution in [0, 0.1) is 11.3 Å². The maximum absolute atomic E-state index is 9.44. The van der Waals surface area contributed by atoms with Crippen LogP contribution >= 0.6 is 0 Å². The number of rotatable bonds is 5. The number of imidazole rings is 1. The minimum Gasteiger partial charge on any atom is -0.493 e. The number of nitrogens with zero attached hydrogens (tertiary/aromatic N) is 3. The van der Waals surface area contributed by atoms with Gasteiger partial charge in [0.1, 0.15) is 17.4 Å². The summed E-state index contributed by atoms with van der Waals surface area (Å²) in [6, 6.07) is 13.7. The molecule has 0 amide bonds. The van der Waals surface area contributed by atoms with E-state index in [1.165, 1.54) is 0 Å². The predicted molar refractivity (Wildman–Crippen MR) is 86.9 cm³/mol. The zero-order valence-electron chi connectivity index (χ0n) is 13.1. The molecule has 116 valence electrons. The zero-order chi connectivity index (χ0) is 16.2. The van der Waals surface area contributed by atoms with Crippen LogP contribution in [0.25, 0.3) is 5.65 Å². The second-order valence-electron chi connectivity index (χ2n) is 5.04. The molecule has 3 rings (SSSR count). The third-order valence-electron chi connectivity index (χ3n) is 3.61. The summed E-state index contributed by atoms with van der Waals surface area (Å²) in [6.45, 7) is 2.52. The van der Waals surface area contributed by atoms with Crippen LogP contribution in [0.5, 0.6) is 11.5 Å². The van der Waals surface area contributed by atoms with E-state index in [1.54, 1.807) is 11.5 Å². The summed E-state index contributed by atoms with van der Waals surface area (Å²) >= 11 is 0. The summed E-state index contributed by atoms with van der Waals surface area (Å²) in [4.78, 5) is 4.56. The van der Waals surface area contributed by atoms with Crippen molar-refractivity contribution in [3.63, 3.8) is 0 Å². The van der Waals surface area contributed by atoms with Crippen molar-refractivity contribution in [3.05, 3.63) is 59.5 Å². The Labute approximate surface area is 134 Å². The molecule has 0 bridgehead atoms. The molecule has 5 nitrogen and oxygen atoms in total. The van der Waals surface area contributed by atoms with Gasteiger partial charge < -0.3 is 9.47 Å². The number of ether oxygens (including phenoxy) is 2. The van der Waals surface area contributed by atoms with Gasteiger partial charge in [-0.2, -0.15) is 5.26 Å². The minimum atomic E-state index is 0.563. The molecule has 0 N–H and O–H groups in total. The average molecular weight is 307 g/mol. The van der Waals surface area contributed by atoms with Crippen molar-refractivity contribution in [3.8, 4) is 17.6 Å². The highest BCUT2D eigenvalue weighted by molar-refractivity contribution is 5.49. The van der Waals surface area contributed by atoms with Crippen LogP contribution in [0.3, 0.4) is 0 Å². The van der Waals surface area contributed by atoms with E-state index in [0.717, 1.165) is 16.9 Å². The molecule has 0 spiro atoms. The molecule has 0 atom stereocenters. The number of methoxy groups -OCH3 is 1. The lowest BCUT2D eigenvalue weighted by atomic mass is 10.1. The first kappa shape index (κ1) is 14.9. The quantitative estimate of drug-likeness (QED) is 0.726. The van der Waals surface area contributed by atoms with Crippen molar-refractivity contribution < 1.29 is 9.47 Å². The molecule has 2 aromatic heterocycles. The summed E-state index contributed by atoms with van der Waals surface area (Å²) in [6.07, 6.45) is 2.41. The Hall–Kier alpha value is -3.00. The Bertz CT molecular complexity index is 878. The van der Waals surface area contributed by atoms with E-state index < -0.39 is 0 Å². The smallest absolute Gasteiger partial charge is 0.161 e. The summed E-state index contributed by atoms with van der Waals surface area (Å²) in [5, 5.41) is 9.44. The molecule has 0 unspecified atom stereocenters. The van der Waals surface area contributed by atoms with Gasteiger partial charge in [-0.05, 0) is 36.8 Å². The lowest BCUT2D eigenvalue weighted by Crippen LogP contribution is -1.98. The first-order valence-corrected chi connectivity index (χ1v) is 7.42. The molecule has 0 saturated heterocycles. The maximum Gasteiger partial charge on any atom is 0.161 e. The lowest BCUT2D eigenvalue weighted by Gasteiger charge is -2.10. The standard InChI is InChI=1S/C18H17N3O2/c1-3-23-16-8-7-13(11-17(16)22-2)10-14-15(12-19)21-9-5-4-6-18(21)20-14/h4-9,11H,3,10H2,1-2H3. The van der Waals surface area contributed by atoms with Gasteiger partial charge in [-0.25, -0.2) is 4.98 Å². The normalized spacial score (nSPS) is 10.5. The van der Waals surface area contributed by atoms with E-state index in [0.29, 0.717) is 30.2 Å². The molecule has 2 heterocycles. The molecular weight excluding hydrogens is 290 g/mol. The van der Waals surface area contributed by atoms with E-state index >= 15 is 0 Å². The molecule has 1 aromatic carbocycles. The Morgan fingerprint density at radius 3 is 2.83 bits per heavy atom. The van der Waals surface area contributed by atoms with Crippen molar-refractivity contribution in [2.75, 3.05) is 13.7 Å². The van der Waals surface area contributed by atoms with Gasteiger partial charge in [-0.3, -0.25) is 4.40 Å². The van der Waals surface area contributed by atoms with E-state index in [4.69, 9.17) is 9.47 Å². The van der Waals surface area contributed by atoms with Gasteiger partial charge in [0, 0.05) is 12.6 Å². The largest absolute Gasteiger partial charge is 0.493 e. The molecule has 0 fully saturated rings. The molecular formula is C18H17N3O2. The first-order chi connectivity index (χ1) is 11.3. The number of hydrogen-bond acceptors (Lipinski definition) is 4. The minimum absolute atomic E-state index is 0.563. The predicted octanol–water partition coefficient (Wildman–Crippen LogP) is 3.20. The second-order valence-corrected chi connectivity index (χ2v) is 5.04.